The van der Waals surface area contributed by atoms with Crippen molar-refractivity contribution in [3.8, 4) is 0 Å². The first-order valence-electron chi connectivity index (χ1n) is 6.46. The average Bonchev–Trinajstić information content (AvgIpc) is 2.19. The summed E-state index contributed by atoms with van der Waals surface area (Å²) in [6, 6.07) is 0. The monoisotopic (exact) mass is 220 g/mol. The first-order valence-corrected chi connectivity index (χ1v) is 6.46. The number of rotatable bonds is 3. The summed E-state index contributed by atoms with van der Waals surface area (Å²) in [5, 5.41) is 0. The van der Waals surface area contributed by atoms with Gasteiger partial charge in [-0.25, -0.2) is 0 Å². The molecule has 1 nitrogen and oxygen atoms in total. The van der Waals surface area contributed by atoms with Crippen LogP contribution in [0.2, 0.25) is 0 Å². The number of allylic oxidation sites excluding steroid dienone is 1. The molecule has 3 fully saturated rings. The third-order valence-corrected chi connectivity index (χ3v) is 5.73. The van der Waals surface area contributed by atoms with Crippen LogP contribution in [0, 0.1) is 28.6 Å². The first kappa shape index (κ1) is 11.9. The Morgan fingerprint density at radius 2 is 2.12 bits per heavy atom. The maximum atomic E-state index is 11.6. The van der Waals surface area contributed by atoms with Gasteiger partial charge in [-0.15, -0.1) is 6.58 Å². The SMILES string of the molecule is C=C(C)CC1CC2CC(C=O)(C1C)C2(C)C. The second kappa shape index (κ2) is 3.45. The standard InChI is InChI=1S/C15H24O/c1-10(2)6-12-7-13-8-15(9-16,11(12)3)14(13,4)5/h9,11-13H,1,6-8H2,2-5H3. The largest absolute Gasteiger partial charge is 0.303 e. The highest BCUT2D eigenvalue weighted by Crippen LogP contribution is 2.70. The quantitative estimate of drug-likeness (QED) is 0.521. The van der Waals surface area contributed by atoms with Crippen LogP contribution < -0.4 is 0 Å². The molecular formula is C15H24O. The molecule has 3 aliphatic rings. The summed E-state index contributed by atoms with van der Waals surface area (Å²) in [7, 11) is 0. The number of hydrogen-bond acceptors (Lipinski definition) is 1. The summed E-state index contributed by atoms with van der Waals surface area (Å²) >= 11 is 0. The van der Waals surface area contributed by atoms with E-state index in [4.69, 9.17) is 0 Å². The zero-order valence-corrected chi connectivity index (χ0v) is 11.0. The smallest absolute Gasteiger partial charge is 0.126 e. The Bertz CT molecular complexity index is 328. The normalized spacial score (nSPS) is 44.6. The molecule has 0 spiro atoms. The summed E-state index contributed by atoms with van der Waals surface area (Å²) in [5.41, 5.74) is 1.44. The van der Waals surface area contributed by atoms with Crippen molar-refractivity contribution in [2.24, 2.45) is 28.6 Å². The molecule has 2 bridgehead atoms. The van der Waals surface area contributed by atoms with Gasteiger partial charge in [-0.3, -0.25) is 0 Å². The molecule has 4 atom stereocenters. The molecule has 90 valence electrons. The van der Waals surface area contributed by atoms with Crippen LogP contribution in [0.15, 0.2) is 12.2 Å². The van der Waals surface area contributed by atoms with Crippen molar-refractivity contribution >= 4 is 6.29 Å². The predicted molar refractivity (Wildman–Crippen MR) is 67.1 cm³/mol. The topological polar surface area (TPSA) is 17.1 Å². The van der Waals surface area contributed by atoms with Gasteiger partial charge < -0.3 is 4.79 Å². The van der Waals surface area contributed by atoms with Crippen LogP contribution in [0.5, 0.6) is 0 Å². The molecule has 0 amide bonds. The predicted octanol–water partition coefficient (Wildman–Crippen LogP) is 3.84. The Morgan fingerprint density at radius 1 is 1.50 bits per heavy atom. The molecule has 0 aromatic carbocycles. The van der Waals surface area contributed by atoms with Crippen LogP contribution in [-0.4, -0.2) is 6.29 Å². The maximum absolute atomic E-state index is 11.6. The molecule has 0 radical (unpaired) electrons. The van der Waals surface area contributed by atoms with E-state index in [0.717, 1.165) is 18.8 Å². The molecule has 0 saturated heterocycles. The number of carbonyl (C=O) groups is 1. The molecule has 0 aliphatic heterocycles. The van der Waals surface area contributed by atoms with Gasteiger partial charge in [-0.1, -0.05) is 26.3 Å². The van der Waals surface area contributed by atoms with Gasteiger partial charge in [0.2, 0.25) is 0 Å². The van der Waals surface area contributed by atoms with Gasteiger partial charge in [-0.05, 0) is 49.4 Å². The maximum Gasteiger partial charge on any atom is 0.126 e. The summed E-state index contributed by atoms with van der Waals surface area (Å²) in [6.45, 7) is 13.0. The minimum absolute atomic E-state index is 0.0456. The molecule has 0 aromatic rings. The minimum atomic E-state index is -0.0456. The van der Waals surface area contributed by atoms with Crippen LogP contribution in [0.3, 0.4) is 0 Å². The van der Waals surface area contributed by atoms with Crippen LogP contribution in [-0.2, 0) is 4.79 Å². The van der Waals surface area contributed by atoms with Crippen LogP contribution >= 0.6 is 0 Å². The van der Waals surface area contributed by atoms with Gasteiger partial charge in [0, 0.05) is 5.41 Å². The lowest BCUT2D eigenvalue weighted by Gasteiger charge is -2.68. The van der Waals surface area contributed by atoms with E-state index in [9.17, 15) is 4.79 Å². The molecule has 3 saturated carbocycles. The van der Waals surface area contributed by atoms with Gasteiger partial charge in [0.25, 0.3) is 0 Å². The van der Waals surface area contributed by atoms with Crippen LogP contribution in [0.1, 0.15) is 47.0 Å². The minimum Gasteiger partial charge on any atom is -0.303 e. The highest BCUT2D eigenvalue weighted by atomic mass is 16.1. The van der Waals surface area contributed by atoms with Crippen molar-refractivity contribution in [3.05, 3.63) is 12.2 Å². The van der Waals surface area contributed by atoms with Crippen molar-refractivity contribution in [2.45, 2.75) is 47.0 Å². The Morgan fingerprint density at radius 3 is 2.56 bits per heavy atom. The van der Waals surface area contributed by atoms with E-state index in [0.29, 0.717) is 11.8 Å². The highest BCUT2D eigenvalue weighted by Gasteiger charge is 2.66. The van der Waals surface area contributed by atoms with Crippen molar-refractivity contribution in [3.63, 3.8) is 0 Å². The molecule has 3 aliphatic carbocycles. The summed E-state index contributed by atoms with van der Waals surface area (Å²) in [6.07, 6.45) is 4.77. The van der Waals surface area contributed by atoms with E-state index < -0.39 is 0 Å². The fraction of sp³-hybridized carbons (Fsp3) is 0.800. The molecule has 0 heterocycles. The lowest BCUT2D eigenvalue weighted by atomic mass is 9.35. The Kier molecular flexibility index (Phi) is 2.56. The van der Waals surface area contributed by atoms with Gasteiger partial charge in [0.1, 0.15) is 6.29 Å². The van der Waals surface area contributed by atoms with E-state index in [1.807, 2.05) is 0 Å². The third-order valence-electron chi connectivity index (χ3n) is 5.73. The van der Waals surface area contributed by atoms with Gasteiger partial charge in [0.05, 0.1) is 0 Å². The van der Waals surface area contributed by atoms with Crippen molar-refractivity contribution in [1.82, 2.24) is 0 Å². The molecule has 16 heavy (non-hydrogen) atoms. The lowest BCUT2D eigenvalue weighted by molar-refractivity contribution is -0.203. The lowest BCUT2D eigenvalue weighted by Crippen LogP contribution is -2.64. The highest BCUT2D eigenvalue weighted by molar-refractivity contribution is 5.65. The number of carbonyl (C=O) groups excluding carboxylic acids is 1. The van der Waals surface area contributed by atoms with E-state index in [1.54, 1.807) is 0 Å². The molecule has 0 aromatic heterocycles. The second-order valence-corrected chi connectivity index (χ2v) is 6.73. The second-order valence-electron chi connectivity index (χ2n) is 6.73. The zero-order valence-electron chi connectivity index (χ0n) is 11.0. The Hall–Kier alpha value is -0.590. The Balaban J connectivity index is 2.24. The van der Waals surface area contributed by atoms with E-state index >= 15 is 0 Å². The fourth-order valence-corrected chi connectivity index (χ4v) is 4.33. The average molecular weight is 220 g/mol. The summed E-state index contributed by atoms with van der Waals surface area (Å²) in [4.78, 5) is 11.6. The molecular weight excluding hydrogens is 196 g/mol. The number of hydrogen-bond donors (Lipinski definition) is 0. The third kappa shape index (κ3) is 1.26. The molecule has 1 heteroatoms. The molecule has 3 rings (SSSR count). The van der Waals surface area contributed by atoms with Crippen molar-refractivity contribution in [2.75, 3.05) is 0 Å². The zero-order chi connectivity index (χ0) is 12.1. The van der Waals surface area contributed by atoms with Crippen LogP contribution in [0.25, 0.3) is 0 Å². The summed E-state index contributed by atoms with van der Waals surface area (Å²) in [5.74, 6) is 1.94. The Labute approximate surface area is 99.3 Å². The van der Waals surface area contributed by atoms with E-state index in [1.165, 1.54) is 18.3 Å². The van der Waals surface area contributed by atoms with Gasteiger partial charge in [0.15, 0.2) is 0 Å². The van der Waals surface area contributed by atoms with E-state index in [2.05, 4.69) is 34.3 Å². The molecule has 0 N–H and O–H groups in total. The molecule has 4 unspecified atom stereocenters. The first-order chi connectivity index (χ1) is 7.35. The fourth-order valence-electron chi connectivity index (χ4n) is 4.33. The summed E-state index contributed by atoms with van der Waals surface area (Å²) < 4.78 is 0. The van der Waals surface area contributed by atoms with Gasteiger partial charge in [-0.2, -0.15) is 0 Å². The van der Waals surface area contributed by atoms with Crippen LogP contribution in [0.4, 0.5) is 0 Å². The number of aldehydes is 1. The van der Waals surface area contributed by atoms with Crippen molar-refractivity contribution < 1.29 is 4.79 Å². The van der Waals surface area contributed by atoms with Gasteiger partial charge >= 0.3 is 0 Å². The number of fused-ring (bicyclic) bond motifs is 2. The van der Waals surface area contributed by atoms with Crippen molar-refractivity contribution in [1.29, 1.82) is 0 Å². The van der Waals surface area contributed by atoms with E-state index in [-0.39, 0.29) is 10.8 Å².